The Kier molecular flexibility index (Phi) is 4.36. The van der Waals surface area contributed by atoms with Gasteiger partial charge < -0.3 is 4.74 Å². The first kappa shape index (κ1) is 16.8. The molecule has 0 fully saturated rings. The summed E-state index contributed by atoms with van der Waals surface area (Å²) in [6, 6.07) is 7.60. The summed E-state index contributed by atoms with van der Waals surface area (Å²) in [5, 5.41) is 7.49. The number of esters is 1. The molecule has 0 radical (unpaired) electrons. The van der Waals surface area contributed by atoms with Crippen LogP contribution in [0.5, 0.6) is 0 Å². The van der Waals surface area contributed by atoms with Crippen LogP contribution in [0.15, 0.2) is 53.8 Å². The SMILES string of the molecule is COC(=O)CN(c1ccc(F)cc1)S(=O)(=O)c1ccc2nncn2c1. The standard InChI is InChI=1S/C15H13FN4O4S/c1-24-15(21)9-20(12-4-2-11(16)3-5-12)25(22,23)13-6-7-14-18-17-10-19(14)8-13/h2-8,10H,9H2,1H3. The smallest absolute Gasteiger partial charge is 0.326 e. The largest absolute Gasteiger partial charge is 0.468 e. The van der Waals surface area contributed by atoms with Crippen molar-refractivity contribution in [2.24, 2.45) is 0 Å². The fraction of sp³-hybridized carbons (Fsp3) is 0.133. The van der Waals surface area contributed by atoms with Crippen molar-refractivity contribution in [3.8, 4) is 0 Å². The highest BCUT2D eigenvalue weighted by Crippen LogP contribution is 2.24. The van der Waals surface area contributed by atoms with Crippen molar-refractivity contribution in [1.82, 2.24) is 14.6 Å². The van der Waals surface area contributed by atoms with Gasteiger partial charge in [0, 0.05) is 6.20 Å². The maximum absolute atomic E-state index is 13.2. The zero-order chi connectivity index (χ0) is 18.0. The highest BCUT2D eigenvalue weighted by molar-refractivity contribution is 7.92. The maximum Gasteiger partial charge on any atom is 0.326 e. The molecule has 0 atom stereocenters. The first-order valence-corrected chi connectivity index (χ1v) is 8.50. The first-order valence-electron chi connectivity index (χ1n) is 7.06. The fourth-order valence-corrected chi connectivity index (χ4v) is 3.61. The molecule has 10 heteroatoms. The van der Waals surface area contributed by atoms with Gasteiger partial charge in [0.1, 0.15) is 23.6 Å². The lowest BCUT2D eigenvalue weighted by Gasteiger charge is -2.23. The van der Waals surface area contributed by atoms with Crippen molar-refractivity contribution in [3.05, 3.63) is 54.7 Å². The Hall–Kier alpha value is -3.01. The highest BCUT2D eigenvalue weighted by atomic mass is 32.2. The number of methoxy groups -OCH3 is 1. The third-order valence-corrected chi connectivity index (χ3v) is 5.22. The molecule has 130 valence electrons. The molecule has 0 aliphatic carbocycles. The van der Waals surface area contributed by atoms with Gasteiger partial charge in [0.15, 0.2) is 5.65 Å². The number of hydrogen-bond donors (Lipinski definition) is 0. The van der Waals surface area contributed by atoms with E-state index in [1.807, 2.05) is 0 Å². The van der Waals surface area contributed by atoms with Crippen LogP contribution in [0.3, 0.4) is 0 Å². The van der Waals surface area contributed by atoms with E-state index in [2.05, 4.69) is 14.9 Å². The van der Waals surface area contributed by atoms with E-state index in [0.717, 1.165) is 23.5 Å². The van der Waals surface area contributed by atoms with Crippen LogP contribution in [0.25, 0.3) is 5.65 Å². The lowest BCUT2D eigenvalue weighted by molar-refractivity contribution is -0.138. The zero-order valence-corrected chi connectivity index (χ0v) is 13.9. The van der Waals surface area contributed by atoms with E-state index >= 15 is 0 Å². The number of pyridine rings is 1. The van der Waals surface area contributed by atoms with Gasteiger partial charge in [-0.15, -0.1) is 10.2 Å². The molecule has 0 aliphatic heterocycles. The van der Waals surface area contributed by atoms with E-state index < -0.39 is 28.4 Å². The fourth-order valence-electron chi connectivity index (χ4n) is 2.19. The molecule has 0 amide bonds. The molecule has 0 bridgehead atoms. The van der Waals surface area contributed by atoms with Crippen LogP contribution in [0.4, 0.5) is 10.1 Å². The van der Waals surface area contributed by atoms with Crippen LogP contribution in [-0.4, -0.2) is 42.6 Å². The summed E-state index contributed by atoms with van der Waals surface area (Å²) < 4.78 is 46.0. The number of hydrogen-bond acceptors (Lipinski definition) is 6. The minimum absolute atomic E-state index is 0.0759. The number of rotatable bonds is 5. The number of carbonyl (C=O) groups excluding carboxylic acids is 1. The van der Waals surface area contributed by atoms with Crippen LogP contribution in [-0.2, 0) is 19.6 Å². The van der Waals surface area contributed by atoms with Crippen molar-refractivity contribution in [2.75, 3.05) is 18.0 Å². The van der Waals surface area contributed by atoms with Gasteiger partial charge in [-0.1, -0.05) is 0 Å². The molecule has 0 N–H and O–H groups in total. The van der Waals surface area contributed by atoms with Gasteiger partial charge in [0.25, 0.3) is 10.0 Å². The van der Waals surface area contributed by atoms with Gasteiger partial charge in [0.2, 0.25) is 0 Å². The summed E-state index contributed by atoms with van der Waals surface area (Å²) in [4.78, 5) is 11.6. The number of fused-ring (bicyclic) bond motifs is 1. The lowest BCUT2D eigenvalue weighted by atomic mass is 10.3. The van der Waals surface area contributed by atoms with Crippen LogP contribution < -0.4 is 4.31 Å². The molecule has 8 nitrogen and oxygen atoms in total. The number of ether oxygens (including phenoxy) is 1. The molecule has 0 unspecified atom stereocenters. The average Bonchev–Trinajstić information content (AvgIpc) is 3.08. The summed E-state index contributed by atoms with van der Waals surface area (Å²) in [7, 11) is -2.95. The molecule has 25 heavy (non-hydrogen) atoms. The van der Waals surface area contributed by atoms with Crippen LogP contribution >= 0.6 is 0 Å². The molecule has 0 aliphatic rings. The third kappa shape index (κ3) is 3.29. The normalized spacial score (nSPS) is 11.4. The van der Waals surface area contributed by atoms with E-state index in [1.165, 1.54) is 41.2 Å². The molecular formula is C15H13FN4O4S. The summed E-state index contributed by atoms with van der Waals surface area (Å²) in [6.07, 6.45) is 2.69. The molecule has 0 saturated heterocycles. The van der Waals surface area contributed by atoms with Crippen molar-refractivity contribution in [3.63, 3.8) is 0 Å². The Labute approximate surface area is 142 Å². The lowest BCUT2D eigenvalue weighted by Crippen LogP contribution is -2.36. The highest BCUT2D eigenvalue weighted by Gasteiger charge is 2.28. The number of sulfonamides is 1. The van der Waals surface area contributed by atoms with Crippen LogP contribution in [0, 0.1) is 5.82 Å². The van der Waals surface area contributed by atoms with Gasteiger partial charge >= 0.3 is 5.97 Å². The number of carbonyl (C=O) groups is 1. The minimum Gasteiger partial charge on any atom is -0.468 e. The van der Waals surface area contributed by atoms with E-state index in [-0.39, 0.29) is 10.6 Å². The van der Waals surface area contributed by atoms with Crippen molar-refractivity contribution in [2.45, 2.75) is 4.90 Å². The molecule has 1 aromatic carbocycles. The summed E-state index contributed by atoms with van der Waals surface area (Å²) in [5.41, 5.74) is 0.607. The Morgan fingerprint density at radius 1 is 1.24 bits per heavy atom. The minimum atomic E-state index is -4.11. The molecule has 3 rings (SSSR count). The zero-order valence-electron chi connectivity index (χ0n) is 13.0. The predicted molar refractivity (Wildman–Crippen MR) is 85.9 cm³/mol. The summed E-state index contributed by atoms with van der Waals surface area (Å²) in [6.45, 7) is -0.551. The van der Waals surface area contributed by atoms with E-state index in [9.17, 15) is 17.6 Å². The van der Waals surface area contributed by atoms with E-state index in [1.54, 1.807) is 0 Å². The Bertz CT molecular complexity index is 1020. The number of nitrogens with zero attached hydrogens (tertiary/aromatic N) is 4. The number of halogens is 1. The second-order valence-corrected chi connectivity index (χ2v) is 6.89. The molecular weight excluding hydrogens is 351 g/mol. The Morgan fingerprint density at radius 2 is 1.96 bits per heavy atom. The van der Waals surface area contributed by atoms with Gasteiger partial charge in [0.05, 0.1) is 12.8 Å². The van der Waals surface area contributed by atoms with Gasteiger partial charge in [-0.25, -0.2) is 12.8 Å². The van der Waals surface area contributed by atoms with Gasteiger partial charge in [-0.05, 0) is 36.4 Å². The maximum atomic E-state index is 13.2. The monoisotopic (exact) mass is 364 g/mol. The number of aromatic nitrogens is 3. The number of benzene rings is 1. The van der Waals surface area contributed by atoms with Crippen molar-refractivity contribution >= 4 is 27.3 Å². The average molecular weight is 364 g/mol. The molecule has 2 aromatic heterocycles. The second-order valence-electron chi connectivity index (χ2n) is 5.03. The summed E-state index contributed by atoms with van der Waals surface area (Å²) in [5.74, 6) is -1.27. The molecule has 0 spiro atoms. The van der Waals surface area contributed by atoms with Crippen LogP contribution in [0.1, 0.15) is 0 Å². The first-order chi connectivity index (χ1) is 11.9. The van der Waals surface area contributed by atoms with Crippen LogP contribution in [0.2, 0.25) is 0 Å². The van der Waals surface area contributed by atoms with E-state index in [0.29, 0.717) is 5.65 Å². The summed E-state index contributed by atoms with van der Waals surface area (Å²) >= 11 is 0. The number of anilines is 1. The molecule has 3 aromatic rings. The molecule has 0 saturated carbocycles. The van der Waals surface area contributed by atoms with Gasteiger partial charge in [-0.2, -0.15) is 0 Å². The van der Waals surface area contributed by atoms with E-state index in [4.69, 9.17) is 0 Å². The van der Waals surface area contributed by atoms with Crippen molar-refractivity contribution in [1.29, 1.82) is 0 Å². The Morgan fingerprint density at radius 3 is 2.64 bits per heavy atom. The van der Waals surface area contributed by atoms with Crippen molar-refractivity contribution < 1.29 is 22.3 Å². The quantitative estimate of drug-likeness (QED) is 0.632. The molecule has 2 heterocycles. The third-order valence-electron chi connectivity index (χ3n) is 3.47. The Balaban J connectivity index is 2.08. The second kappa shape index (κ2) is 6.48. The topological polar surface area (TPSA) is 93.9 Å². The predicted octanol–water partition coefficient (Wildman–Crippen LogP) is 1.24. The van der Waals surface area contributed by atoms with Gasteiger partial charge in [-0.3, -0.25) is 13.5 Å².